The van der Waals surface area contributed by atoms with Crippen LogP contribution in [0.5, 0.6) is 0 Å². The van der Waals surface area contributed by atoms with Gasteiger partial charge in [0, 0.05) is 17.1 Å². The number of fused-ring (bicyclic) bond motifs is 1. The van der Waals surface area contributed by atoms with Crippen LogP contribution in [0.15, 0.2) is 28.7 Å². The van der Waals surface area contributed by atoms with Gasteiger partial charge in [-0.25, -0.2) is 0 Å². The van der Waals surface area contributed by atoms with Gasteiger partial charge in [-0.2, -0.15) is 0 Å². The zero-order valence-corrected chi connectivity index (χ0v) is 10.6. The van der Waals surface area contributed by atoms with Gasteiger partial charge in [-0.3, -0.25) is 0 Å². The van der Waals surface area contributed by atoms with E-state index in [1.54, 1.807) is 0 Å². The Morgan fingerprint density at radius 2 is 2.22 bits per heavy atom. The lowest BCUT2D eigenvalue weighted by molar-refractivity contribution is 0.251. The topological polar surface area (TPSA) is 45.4 Å². The minimum absolute atomic E-state index is 0.0461. The lowest BCUT2D eigenvalue weighted by atomic mass is 10.1. The van der Waals surface area contributed by atoms with E-state index >= 15 is 0 Å². The van der Waals surface area contributed by atoms with Crippen molar-refractivity contribution in [1.29, 1.82) is 0 Å². The molecule has 1 aliphatic rings. The SMILES string of the molecule is CC(CC1CC1)Nc1ccc2oc(CO)cc2c1. The molecule has 2 N–H and O–H groups in total. The van der Waals surface area contributed by atoms with Crippen LogP contribution in [0, 0.1) is 5.92 Å². The number of hydrogen-bond acceptors (Lipinski definition) is 3. The molecule has 0 saturated heterocycles. The van der Waals surface area contributed by atoms with Crippen LogP contribution in [0.2, 0.25) is 0 Å². The Bertz CT molecular complexity index is 542. The number of benzene rings is 1. The molecule has 3 heteroatoms. The van der Waals surface area contributed by atoms with Gasteiger partial charge in [-0.05, 0) is 43.5 Å². The first-order valence-corrected chi connectivity index (χ1v) is 6.64. The normalized spacial score (nSPS) is 17.0. The second kappa shape index (κ2) is 4.65. The van der Waals surface area contributed by atoms with Gasteiger partial charge in [0.25, 0.3) is 0 Å². The van der Waals surface area contributed by atoms with Crippen LogP contribution in [0.1, 0.15) is 31.9 Å². The first kappa shape index (κ1) is 11.6. The monoisotopic (exact) mass is 245 g/mol. The second-order valence-corrected chi connectivity index (χ2v) is 5.35. The number of aliphatic hydroxyl groups is 1. The Morgan fingerprint density at radius 1 is 1.39 bits per heavy atom. The molecule has 0 amide bonds. The summed E-state index contributed by atoms with van der Waals surface area (Å²) in [6.07, 6.45) is 4.05. The molecule has 96 valence electrons. The molecule has 1 aliphatic carbocycles. The van der Waals surface area contributed by atoms with Gasteiger partial charge >= 0.3 is 0 Å². The highest BCUT2D eigenvalue weighted by Gasteiger charge is 2.23. The average Bonchev–Trinajstić information content (AvgIpc) is 3.06. The number of furan rings is 1. The van der Waals surface area contributed by atoms with E-state index in [0.717, 1.165) is 22.6 Å². The Labute approximate surface area is 107 Å². The smallest absolute Gasteiger partial charge is 0.134 e. The molecule has 1 fully saturated rings. The van der Waals surface area contributed by atoms with Crippen molar-refractivity contribution in [2.75, 3.05) is 5.32 Å². The maximum absolute atomic E-state index is 9.05. The average molecular weight is 245 g/mol. The van der Waals surface area contributed by atoms with E-state index < -0.39 is 0 Å². The fraction of sp³-hybridized carbons (Fsp3) is 0.467. The molecule has 0 bridgehead atoms. The molecule has 0 radical (unpaired) electrons. The largest absolute Gasteiger partial charge is 0.459 e. The van der Waals surface area contributed by atoms with E-state index in [0.29, 0.717) is 11.8 Å². The number of aliphatic hydroxyl groups excluding tert-OH is 1. The van der Waals surface area contributed by atoms with E-state index in [4.69, 9.17) is 9.52 Å². The summed E-state index contributed by atoms with van der Waals surface area (Å²) in [6, 6.07) is 8.49. The van der Waals surface area contributed by atoms with Gasteiger partial charge in [0.05, 0.1) is 0 Å². The van der Waals surface area contributed by atoms with Crippen molar-refractivity contribution in [2.24, 2.45) is 5.92 Å². The molecule has 1 aromatic heterocycles. The van der Waals surface area contributed by atoms with Gasteiger partial charge in [0.1, 0.15) is 18.0 Å². The van der Waals surface area contributed by atoms with E-state index in [2.05, 4.69) is 18.3 Å². The third-order valence-electron chi connectivity index (χ3n) is 3.52. The van der Waals surface area contributed by atoms with Gasteiger partial charge < -0.3 is 14.8 Å². The van der Waals surface area contributed by atoms with Crippen LogP contribution in [-0.2, 0) is 6.61 Å². The summed E-state index contributed by atoms with van der Waals surface area (Å²) in [5.74, 6) is 1.55. The number of rotatable bonds is 5. The summed E-state index contributed by atoms with van der Waals surface area (Å²) in [6.45, 7) is 2.19. The van der Waals surface area contributed by atoms with Crippen molar-refractivity contribution in [2.45, 2.75) is 38.8 Å². The molecule has 1 heterocycles. The van der Waals surface area contributed by atoms with Crippen LogP contribution in [0.25, 0.3) is 11.0 Å². The molecule has 3 nitrogen and oxygen atoms in total. The van der Waals surface area contributed by atoms with Crippen molar-refractivity contribution in [1.82, 2.24) is 0 Å². The van der Waals surface area contributed by atoms with Crippen LogP contribution >= 0.6 is 0 Å². The highest BCUT2D eigenvalue weighted by atomic mass is 16.4. The van der Waals surface area contributed by atoms with Crippen LogP contribution in [0.4, 0.5) is 5.69 Å². The quantitative estimate of drug-likeness (QED) is 0.847. The highest BCUT2D eigenvalue weighted by molar-refractivity contribution is 5.81. The van der Waals surface area contributed by atoms with Crippen LogP contribution in [0.3, 0.4) is 0 Å². The van der Waals surface area contributed by atoms with E-state index in [1.165, 1.54) is 19.3 Å². The van der Waals surface area contributed by atoms with Crippen molar-refractivity contribution in [3.63, 3.8) is 0 Å². The molecule has 0 aliphatic heterocycles. The summed E-state index contributed by atoms with van der Waals surface area (Å²) < 4.78 is 5.47. The Balaban J connectivity index is 1.74. The summed E-state index contributed by atoms with van der Waals surface area (Å²) in [5, 5.41) is 13.6. The van der Waals surface area contributed by atoms with Crippen molar-refractivity contribution < 1.29 is 9.52 Å². The van der Waals surface area contributed by atoms with Gasteiger partial charge in [-0.15, -0.1) is 0 Å². The van der Waals surface area contributed by atoms with E-state index in [9.17, 15) is 0 Å². The molecule has 1 saturated carbocycles. The van der Waals surface area contributed by atoms with Crippen LogP contribution in [-0.4, -0.2) is 11.1 Å². The molecule has 2 aromatic rings. The standard InChI is InChI=1S/C15H19NO2/c1-10(6-11-2-3-11)16-13-4-5-15-12(7-13)8-14(9-17)18-15/h4-5,7-8,10-11,16-17H,2-3,6,9H2,1H3. The molecule has 18 heavy (non-hydrogen) atoms. The number of nitrogens with one attached hydrogen (secondary N) is 1. The maximum Gasteiger partial charge on any atom is 0.134 e. The molecule has 1 aromatic carbocycles. The minimum atomic E-state index is -0.0461. The van der Waals surface area contributed by atoms with Gasteiger partial charge in [-0.1, -0.05) is 12.8 Å². The van der Waals surface area contributed by atoms with Crippen molar-refractivity contribution in [3.05, 3.63) is 30.0 Å². The predicted octanol–water partition coefficient (Wildman–Crippen LogP) is 3.53. The number of anilines is 1. The fourth-order valence-electron chi connectivity index (χ4n) is 2.46. The van der Waals surface area contributed by atoms with Crippen molar-refractivity contribution >= 4 is 16.7 Å². The molecule has 0 spiro atoms. The minimum Gasteiger partial charge on any atom is -0.459 e. The van der Waals surface area contributed by atoms with E-state index in [1.807, 2.05) is 18.2 Å². The third-order valence-corrected chi connectivity index (χ3v) is 3.52. The Morgan fingerprint density at radius 3 is 2.94 bits per heavy atom. The lowest BCUT2D eigenvalue weighted by Gasteiger charge is -2.14. The fourth-order valence-corrected chi connectivity index (χ4v) is 2.46. The predicted molar refractivity (Wildman–Crippen MR) is 72.6 cm³/mol. The number of hydrogen-bond donors (Lipinski definition) is 2. The Hall–Kier alpha value is -1.48. The third kappa shape index (κ3) is 2.51. The lowest BCUT2D eigenvalue weighted by Crippen LogP contribution is -2.15. The first-order valence-electron chi connectivity index (χ1n) is 6.64. The van der Waals surface area contributed by atoms with Gasteiger partial charge in [0.2, 0.25) is 0 Å². The maximum atomic E-state index is 9.05. The molecular formula is C15H19NO2. The Kier molecular flexibility index (Phi) is 3.00. The van der Waals surface area contributed by atoms with E-state index in [-0.39, 0.29) is 6.61 Å². The second-order valence-electron chi connectivity index (χ2n) is 5.35. The zero-order chi connectivity index (χ0) is 12.5. The summed E-state index contributed by atoms with van der Waals surface area (Å²) in [7, 11) is 0. The van der Waals surface area contributed by atoms with Crippen LogP contribution < -0.4 is 5.32 Å². The molecule has 1 unspecified atom stereocenters. The van der Waals surface area contributed by atoms with Gasteiger partial charge in [0.15, 0.2) is 0 Å². The molecule has 3 rings (SSSR count). The highest BCUT2D eigenvalue weighted by Crippen LogP contribution is 2.34. The summed E-state index contributed by atoms with van der Waals surface area (Å²) in [5.41, 5.74) is 1.96. The van der Waals surface area contributed by atoms with Crippen molar-refractivity contribution in [3.8, 4) is 0 Å². The zero-order valence-electron chi connectivity index (χ0n) is 10.6. The first-order chi connectivity index (χ1) is 8.74. The summed E-state index contributed by atoms with van der Waals surface area (Å²) >= 11 is 0. The summed E-state index contributed by atoms with van der Waals surface area (Å²) in [4.78, 5) is 0. The molecule has 1 atom stereocenters. The molecular weight excluding hydrogens is 226 g/mol.